The monoisotopic (exact) mass is 350 g/mol. The zero-order valence-electron chi connectivity index (χ0n) is 16.2. The van der Waals surface area contributed by atoms with E-state index in [1.165, 1.54) is 24.1 Å². The van der Waals surface area contributed by atoms with Crippen LogP contribution in [0.5, 0.6) is 0 Å². The minimum atomic E-state index is 0.0170. The summed E-state index contributed by atoms with van der Waals surface area (Å²) < 4.78 is 0. The average Bonchev–Trinajstić information content (AvgIpc) is 2.64. The number of benzene rings is 2. The van der Waals surface area contributed by atoms with E-state index in [1.807, 2.05) is 31.2 Å². The third-order valence-corrected chi connectivity index (χ3v) is 5.40. The highest BCUT2D eigenvalue weighted by Crippen LogP contribution is 2.24. The van der Waals surface area contributed by atoms with Gasteiger partial charge >= 0.3 is 0 Å². The van der Waals surface area contributed by atoms with Crippen molar-refractivity contribution < 1.29 is 4.79 Å². The third kappa shape index (κ3) is 4.87. The van der Waals surface area contributed by atoms with E-state index in [9.17, 15) is 4.79 Å². The minimum absolute atomic E-state index is 0.0170. The van der Waals surface area contributed by atoms with Crippen LogP contribution in [0.1, 0.15) is 49.4 Å². The van der Waals surface area contributed by atoms with Gasteiger partial charge in [0, 0.05) is 18.8 Å². The maximum absolute atomic E-state index is 12.3. The van der Waals surface area contributed by atoms with Gasteiger partial charge < -0.3 is 10.2 Å². The molecule has 1 aliphatic heterocycles. The number of piperidine rings is 1. The number of anilines is 1. The van der Waals surface area contributed by atoms with Crippen LogP contribution in [0.4, 0.5) is 5.69 Å². The van der Waals surface area contributed by atoms with E-state index in [0.29, 0.717) is 6.42 Å². The number of nitrogens with zero attached hydrogens (tertiary/aromatic N) is 1. The Morgan fingerprint density at radius 1 is 1.08 bits per heavy atom. The average molecular weight is 351 g/mol. The van der Waals surface area contributed by atoms with Crippen LogP contribution >= 0.6 is 0 Å². The Morgan fingerprint density at radius 3 is 2.31 bits per heavy atom. The molecule has 3 nitrogen and oxygen atoms in total. The van der Waals surface area contributed by atoms with Crippen molar-refractivity contribution in [2.75, 3.05) is 18.0 Å². The van der Waals surface area contributed by atoms with Crippen LogP contribution in [-0.4, -0.2) is 19.0 Å². The van der Waals surface area contributed by atoms with Gasteiger partial charge in [-0.05, 0) is 55.9 Å². The van der Waals surface area contributed by atoms with Crippen molar-refractivity contribution in [3.8, 4) is 0 Å². The number of rotatable bonds is 5. The number of nitrogens with one attached hydrogen (secondary N) is 1. The molecule has 0 radical (unpaired) electrons. The molecular weight excluding hydrogens is 320 g/mol. The summed E-state index contributed by atoms with van der Waals surface area (Å²) in [7, 11) is 0. The van der Waals surface area contributed by atoms with E-state index < -0.39 is 0 Å². The normalized spacial score (nSPS) is 16.3. The molecule has 3 rings (SSSR count). The quantitative estimate of drug-likeness (QED) is 0.851. The summed E-state index contributed by atoms with van der Waals surface area (Å²) in [6.07, 6.45) is 2.97. The Bertz CT molecular complexity index is 713. The number of aryl methyl sites for hydroxylation is 1. The van der Waals surface area contributed by atoms with Crippen molar-refractivity contribution in [2.45, 2.75) is 46.1 Å². The van der Waals surface area contributed by atoms with E-state index in [-0.39, 0.29) is 11.9 Å². The Labute approximate surface area is 157 Å². The molecule has 1 amide bonds. The van der Waals surface area contributed by atoms with Crippen LogP contribution in [0.25, 0.3) is 0 Å². The second kappa shape index (κ2) is 8.39. The zero-order valence-corrected chi connectivity index (χ0v) is 16.2. The van der Waals surface area contributed by atoms with Gasteiger partial charge in [0.05, 0.1) is 12.5 Å². The first-order valence-corrected chi connectivity index (χ1v) is 9.71. The van der Waals surface area contributed by atoms with Crippen molar-refractivity contribution in [2.24, 2.45) is 5.92 Å². The molecule has 0 bridgehead atoms. The van der Waals surface area contributed by atoms with Crippen LogP contribution < -0.4 is 10.2 Å². The molecule has 1 heterocycles. The molecule has 138 valence electrons. The van der Waals surface area contributed by atoms with Gasteiger partial charge in [-0.3, -0.25) is 4.79 Å². The third-order valence-electron chi connectivity index (χ3n) is 5.40. The summed E-state index contributed by atoms with van der Waals surface area (Å²) in [6, 6.07) is 16.8. The van der Waals surface area contributed by atoms with Crippen LogP contribution in [0.15, 0.2) is 48.5 Å². The summed E-state index contributed by atoms with van der Waals surface area (Å²) >= 11 is 0. The molecule has 1 N–H and O–H groups in total. The first kappa shape index (κ1) is 18.5. The fraction of sp³-hybridized carbons (Fsp3) is 0.435. The van der Waals surface area contributed by atoms with E-state index >= 15 is 0 Å². The van der Waals surface area contributed by atoms with E-state index in [0.717, 1.165) is 30.1 Å². The molecule has 26 heavy (non-hydrogen) atoms. The fourth-order valence-corrected chi connectivity index (χ4v) is 3.51. The molecule has 1 aliphatic rings. The lowest BCUT2D eigenvalue weighted by Crippen LogP contribution is -2.32. The number of carbonyl (C=O) groups is 1. The second-order valence-electron chi connectivity index (χ2n) is 7.71. The Morgan fingerprint density at radius 2 is 1.69 bits per heavy atom. The number of carbonyl (C=O) groups excluding carboxylic acids is 1. The van der Waals surface area contributed by atoms with Gasteiger partial charge in [0.15, 0.2) is 0 Å². The van der Waals surface area contributed by atoms with Gasteiger partial charge in [0.1, 0.15) is 0 Å². The Hall–Kier alpha value is -2.29. The molecule has 0 spiro atoms. The van der Waals surface area contributed by atoms with E-state index in [2.05, 4.69) is 48.3 Å². The molecule has 1 saturated heterocycles. The van der Waals surface area contributed by atoms with Crippen LogP contribution in [0.2, 0.25) is 0 Å². The number of hydrogen-bond donors (Lipinski definition) is 1. The van der Waals surface area contributed by atoms with Crippen molar-refractivity contribution >= 4 is 11.6 Å². The van der Waals surface area contributed by atoms with Crippen LogP contribution in [0, 0.1) is 12.8 Å². The summed E-state index contributed by atoms with van der Waals surface area (Å²) in [4.78, 5) is 14.8. The van der Waals surface area contributed by atoms with Crippen molar-refractivity contribution in [3.63, 3.8) is 0 Å². The van der Waals surface area contributed by atoms with Gasteiger partial charge in [-0.25, -0.2) is 0 Å². The standard InChI is InChI=1S/C23H30N2O/c1-17-4-6-20(7-5-17)16-23(26)24-19(3)21-8-10-22(11-9-21)25-14-12-18(2)13-15-25/h4-11,18-19H,12-16H2,1-3H3,(H,24,26)/t19-/m1/s1. The van der Waals surface area contributed by atoms with E-state index in [1.54, 1.807) is 0 Å². The van der Waals surface area contributed by atoms with Gasteiger partial charge in [-0.1, -0.05) is 48.9 Å². The van der Waals surface area contributed by atoms with Crippen molar-refractivity contribution in [3.05, 3.63) is 65.2 Å². The Balaban J connectivity index is 1.54. The van der Waals surface area contributed by atoms with E-state index in [4.69, 9.17) is 0 Å². The first-order valence-electron chi connectivity index (χ1n) is 9.71. The maximum Gasteiger partial charge on any atom is 0.224 e. The smallest absolute Gasteiger partial charge is 0.224 e. The molecule has 3 heteroatoms. The van der Waals surface area contributed by atoms with Crippen LogP contribution in [-0.2, 0) is 11.2 Å². The molecule has 2 aromatic carbocycles. The first-order chi connectivity index (χ1) is 12.5. The fourth-order valence-electron chi connectivity index (χ4n) is 3.51. The lowest BCUT2D eigenvalue weighted by molar-refractivity contribution is -0.121. The van der Waals surface area contributed by atoms with Crippen molar-refractivity contribution in [1.29, 1.82) is 0 Å². The number of amides is 1. The summed E-state index contributed by atoms with van der Waals surface area (Å²) in [5.41, 5.74) is 4.70. The summed E-state index contributed by atoms with van der Waals surface area (Å²) in [5, 5.41) is 3.11. The molecule has 2 aromatic rings. The summed E-state index contributed by atoms with van der Waals surface area (Å²) in [5.74, 6) is 0.907. The van der Waals surface area contributed by atoms with Gasteiger partial charge in [-0.15, -0.1) is 0 Å². The summed E-state index contributed by atoms with van der Waals surface area (Å²) in [6.45, 7) is 8.72. The molecule has 0 aromatic heterocycles. The molecule has 0 aliphatic carbocycles. The predicted octanol–water partition coefficient (Wildman–Crippen LogP) is 4.65. The maximum atomic E-state index is 12.3. The zero-order chi connectivity index (χ0) is 18.5. The minimum Gasteiger partial charge on any atom is -0.372 e. The largest absolute Gasteiger partial charge is 0.372 e. The predicted molar refractivity (Wildman–Crippen MR) is 108 cm³/mol. The highest BCUT2D eigenvalue weighted by Gasteiger charge is 2.16. The highest BCUT2D eigenvalue weighted by molar-refractivity contribution is 5.79. The Kier molecular flexibility index (Phi) is 5.97. The molecule has 0 unspecified atom stereocenters. The van der Waals surface area contributed by atoms with Gasteiger partial charge in [-0.2, -0.15) is 0 Å². The number of hydrogen-bond acceptors (Lipinski definition) is 2. The lowest BCUT2D eigenvalue weighted by atomic mass is 9.98. The van der Waals surface area contributed by atoms with Crippen LogP contribution in [0.3, 0.4) is 0 Å². The van der Waals surface area contributed by atoms with Gasteiger partial charge in [0.2, 0.25) is 5.91 Å². The lowest BCUT2D eigenvalue weighted by Gasteiger charge is -2.32. The molecule has 1 fully saturated rings. The van der Waals surface area contributed by atoms with Gasteiger partial charge in [0.25, 0.3) is 0 Å². The topological polar surface area (TPSA) is 32.3 Å². The SMILES string of the molecule is Cc1ccc(CC(=O)N[C@H](C)c2ccc(N3CCC(C)CC3)cc2)cc1. The molecule has 0 saturated carbocycles. The van der Waals surface area contributed by atoms with Crippen molar-refractivity contribution in [1.82, 2.24) is 5.32 Å². The molecular formula is C23H30N2O. The highest BCUT2D eigenvalue weighted by atomic mass is 16.1. The molecule has 1 atom stereocenters. The second-order valence-corrected chi connectivity index (χ2v) is 7.71.